The topological polar surface area (TPSA) is 72.0 Å². The van der Waals surface area contributed by atoms with Gasteiger partial charge in [-0.2, -0.15) is 5.10 Å². The first-order valence-electron chi connectivity index (χ1n) is 8.85. The minimum atomic E-state index is -0.446. The largest absolute Gasteiger partial charge is 0.497 e. The van der Waals surface area contributed by atoms with Gasteiger partial charge in [0.15, 0.2) is 5.11 Å². The summed E-state index contributed by atoms with van der Waals surface area (Å²) in [5, 5.41) is 8.00. The highest BCUT2D eigenvalue weighted by Crippen LogP contribution is 2.16. The molecule has 30 heavy (non-hydrogen) atoms. The molecule has 0 amide bonds. The third kappa shape index (κ3) is 6.30. The number of hydrogen-bond donors (Lipinski definition) is 2. The van der Waals surface area contributed by atoms with Crippen LogP contribution in [-0.4, -0.2) is 24.4 Å². The number of carbonyl (C=O) groups excluding carboxylic acids is 1. The second-order valence-electron chi connectivity index (χ2n) is 6.02. The quantitative estimate of drug-likeness (QED) is 0.187. The Morgan fingerprint density at radius 2 is 1.73 bits per heavy atom. The molecule has 152 valence electrons. The molecule has 2 N–H and O–H groups in total. The average Bonchev–Trinajstić information content (AvgIpc) is 2.75. The summed E-state index contributed by atoms with van der Waals surface area (Å²) in [7, 11) is 1.57. The summed E-state index contributed by atoms with van der Waals surface area (Å²) in [6.45, 7) is 0. The van der Waals surface area contributed by atoms with Crippen LogP contribution in [0.2, 0.25) is 5.02 Å². The smallest absolute Gasteiger partial charge is 0.343 e. The van der Waals surface area contributed by atoms with Gasteiger partial charge in [0, 0.05) is 10.7 Å². The van der Waals surface area contributed by atoms with Gasteiger partial charge in [-0.1, -0.05) is 17.7 Å². The van der Waals surface area contributed by atoms with Crippen molar-refractivity contribution in [2.75, 3.05) is 12.4 Å². The van der Waals surface area contributed by atoms with E-state index in [4.69, 9.17) is 33.3 Å². The molecule has 0 aromatic heterocycles. The van der Waals surface area contributed by atoms with Gasteiger partial charge in [0.2, 0.25) is 0 Å². The van der Waals surface area contributed by atoms with Gasteiger partial charge >= 0.3 is 5.97 Å². The predicted octanol–water partition coefficient (Wildman–Crippen LogP) is 4.89. The van der Waals surface area contributed by atoms with Crippen LogP contribution in [0.5, 0.6) is 11.5 Å². The van der Waals surface area contributed by atoms with Gasteiger partial charge < -0.3 is 14.8 Å². The van der Waals surface area contributed by atoms with Crippen molar-refractivity contribution in [1.82, 2.24) is 5.43 Å². The van der Waals surface area contributed by atoms with Gasteiger partial charge in [0.05, 0.1) is 18.9 Å². The molecule has 0 aliphatic carbocycles. The highest BCUT2D eigenvalue weighted by molar-refractivity contribution is 7.80. The molecule has 8 heteroatoms. The normalized spacial score (nSPS) is 10.5. The molecular weight excluding hydrogens is 422 g/mol. The molecule has 0 saturated heterocycles. The lowest BCUT2D eigenvalue weighted by atomic mass is 10.2. The number of benzene rings is 3. The number of anilines is 1. The van der Waals surface area contributed by atoms with Crippen LogP contribution in [0.4, 0.5) is 5.69 Å². The fourth-order valence-electron chi connectivity index (χ4n) is 2.41. The maximum atomic E-state index is 12.2. The van der Waals surface area contributed by atoms with Crippen LogP contribution in [0, 0.1) is 0 Å². The van der Waals surface area contributed by atoms with Crippen LogP contribution in [0.1, 0.15) is 15.9 Å². The molecule has 0 spiro atoms. The molecule has 0 heterocycles. The second kappa shape index (κ2) is 10.4. The van der Waals surface area contributed by atoms with E-state index in [1.54, 1.807) is 74.0 Å². The highest BCUT2D eigenvalue weighted by atomic mass is 35.5. The number of rotatable bonds is 6. The molecule has 0 saturated carbocycles. The molecular formula is C22H18ClN3O3S. The monoisotopic (exact) mass is 439 g/mol. The lowest BCUT2D eigenvalue weighted by Crippen LogP contribution is -2.23. The highest BCUT2D eigenvalue weighted by Gasteiger charge is 2.08. The van der Waals surface area contributed by atoms with E-state index in [0.717, 1.165) is 11.3 Å². The first-order chi connectivity index (χ1) is 14.5. The maximum Gasteiger partial charge on any atom is 0.343 e. The van der Waals surface area contributed by atoms with E-state index in [2.05, 4.69) is 15.8 Å². The Labute approximate surface area is 184 Å². The minimum absolute atomic E-state index is 0.332. The zero-order valence-electron chi connectivity index (χ0n) is 16.0. The van der Waals surface area contributed by atoms with Crippen molar-refractivity contribution < 1.29 is 14.3 Å². The summed E-state index contributed by atoms with van der Waals surface area (Å²) in [4.78, 5) is 12.2. The molecule has 0 aliphatic heterocycles. The van der Waals surface area contributed by atoms with Crippen LogP contribution in [-0.2, 0) is 0 Å². The van der Waals surface area contributed by atoms with Crippen molar-refractivity contribution in [3.05, 3.63) is 88.9 Å². The van der Waals surface area contributed by atoms with Crippen LogP contribution in [0.15, 0.2) is 77.9 Å². The molecule has 0 aliphatic rings. The minimum Gasteiger partial charge on any atom is -0.497 e. The summed E-state index contributed by atoms with van der Waals surface area (Å²) in [6.07, 6.45) is 1.60. The number of thiocarbonyl (C=S) groups is 1. The van der Waals surface area contributed by atoms with Gasteiger partial charge in [-0.3, -0.25) is 5.43 Å². The van der Waals surface area contributed by atoms with E-state index in [1.165, 1.54) is 0 Å². The lowest BCUT2D eigenvalue weighted by Gasteiger charge is -2.07. The van der Waals surface area contributed by atoms with Crippen molar-refractivity contribution >= 4 is 46.8 Å². The van der Waals surface area contributed by atoms with E-state index < -0.39 is 5.97 Å². The summed E-state index contributed by atoms with van der Waals surface area (Å²) in [6, 6.07) is 20.8. The SMILES string of the molecule is COc1ccc(C(=O)Oc2ccc(/C=N/NC(=S)Nc3cccc(Cl)c3)cc2)cc1. The first kappa shape index (κ1) is 21.3. The van der Waals surface area contributed by atoms with Gasteiger partial charge in [-0.05, 0) is 84.5 Å². The Kier molecular flexibility index (Phi) is 7.37. The standard InChI is InChI=1S/C22H18ClN3O3S/c1-28-19-11-7-16(8-12-19)21(27)29-20-9-5-15(6-10-20)14-24-26-22(30)25-18-4-2-3-17(23)13-18/h2-14H,1H3,(H2,25,26,30)/b24-14+. The fourth-order valence-corrected chi connectivity index (χ4v) is 2.77. The predicted molar refractivity (Wildman–Crippen MR) is 123 cm³/mol. The van der Waals surface area contributed by atoms with E-state index in [9.17, 15) is 4.79 Å². The number of hydrogen-bond acceptors (Lipinski definition) is 5. The number of esters is 1. The van der Waals surface area contributed by atoms with Gasteiger partial charge in [0.25, 0.3) is 0 Å². The number of ether oxygens (including phenoxy) is 2. The van der Waals surface area contributed by atoms with E-state index >= 15 is 0 Å². The van der Waals surface area contributed by atoms with Crippen molar-refractivity contribution in [3.63, 3.8) is 0 Å². The number of nitrogens with zero attached hydrogens (tertiary/aromatic N) is 1. The van der Waals surface area contributed by atoms with E-state index in [0.29, 0.717) is 27.2 Å². The maximum absolute atomic E-state index is 12.2. The molecule has 3 rings (SSSR count). The Hall–Kier alpha value is -3.42. The molecule has 0 bridgehead atoms. The number of halogens is 1. The molecule has 6 nitrogen and oxygen atoms in total. The zero-order valence-corrected chi connectivity index (χ0v) is 17.5. The molecule has 0 radical (unpaired) electrons. The Bertz CT molecular complexity index is 1050. The zero-order chi connectivity index (χ0) is 21.3. The summed E-state index contributed by atoms with van der Waals surface area (Å²) in [5.74, 6) is 0.656. The molecule has 0 unspecified atom stereocenters. The van der Waals surface area contributed by atoms with Crippen LogP contribution >= 0.6 is 23.8 Å². The van der Waals surface area contributed by atoms with Crippen molar-refractivity contribution in [3.8, 4) is 11.5 Å². The van der Waals surface area contributed by atoms with E-state index in [-0.39, 0.29) is 0 Å². The number of hydrazone groups is 1. The Morgan fingerprint density at radius 3 is 2.40 bits per heavy atom. The summed E-state index contributed by atoms with van der Waals surface area (Å²) < 4.78 is 10.4. The number of carbonyl (C=O) groups is 1. The van der Waals surface area contributed by atoms with Crippen LogP contribution in [0.25, 0.3) is 0 Å². The molecule has 3 aromatic carbocycles. The van der Waals surface area contributed by atoms with Gasteiger partial charge in [-0.25, -0.2) is 4.79 Å². The Balaban J connectivity index is 1.51. The lowest BCUT2D eigenvalue weighted by molar-refractivity contribution is 0.0734. The summed E-state index contributed by atoms with van der Waals surface area (Å²) >= 11 is 11.1. The van der Waals surface area contributed by atoms with Crippen LogP contribution < -0.4 is 20.2 Å². The van der Waals surface area contributed by atoms with Gasteiger partial charge in [0.1, 0.15) is 11.5 Å². The molecule has 0 fully saturated rings. The van der Waals surface area contributed by atoms with Gasteiger partial charge in [-0.15, -0.1) is 0 Å². The van der Waals surface area contributed by atoms with Crippen molar-refractivity contribution in [1.29, 1.82) is 0 Å². The van der Waals surface area contributed by atoms with Crippen molar-refractivity contribution in [2.24, 2.45) is 5.10 Å². The summed E-state index contributed by atoms with van der Waals surface area (Å²) in [5.41, 5.74) is 4.73. The molecule has 3 aromatic rings. The number of methoxy groups -OCH3 is 1. The van der Waals surface area contributed by atoms with Crippen molar-refractivity contribution in [2.45, 2.75) is 0 Å². The van der Waals surface area contributed by atoms with E-state index in [1.807, 2.05) is 12.1 Å². The average molecular weight is 440 g/mol. The fraction of sp³-hybridized carbons (Fsp3) is 0.0455. The third-order valence-corrected chi connectivity index (χ3v) is 4.31. The Morgan fingerprint density at radius 1 is 1.03 bits per heavy atom. The third-order valence-electron chi connectivity index (χ3n) is 3.88. The molecule has 0 atom stereocenters. The van der Waals surface area contributed by atoms with Crippen LogP contribution in [0.3, 0.4) is 0 Å². The first-order valence-corrected chi connectivity index (χ1v) is 9.64. The number of nitrogens with one attached hydrogen (secondary N) is 2. The second-order valence-corrected chi connectivity index (χ2v) is 6.87.